The van der Waals surface area contributed by atoms with Crippen molar-refractivity contribution < 1.29 is 0 Å². The molecule has 90 valence electrons. The summed E-state index contributed by atoms with van der Waals surface area (Å²) in [7, 11) is 0. The molecule has 1 fully saturated rings. The molecule has 3 nitrogen and oxygen atoms in total. The van der Waals surface area contributed by atoms with Crippen molar-refractivity contribution in [2.75, 3.05) is 0 Å². The van der Waals surface area contributed by atoms with Crippen molar-refractivity contribution in [1.82, 2.24) is 15.5 Å². The number of hydrogen-bond acceptors (Lipinski definition) is 2. The second-order valence-corrected chi connectivity index (χ2v) is 6.06. The van der Waals surface area contributed by atoms with E-state index in [4.69, 9.17) is 0 Å². The molecule has 16 heavy (non-hydrogen) atoms. The molecule has 2 unspecified atom stereocenters. The van der Waals surface area contributed by atoms with Gasteiger partial charge in [0, 0.05) is 23.8 Å². The summed E-state index contributed by atoms with van der Waals surface area (Å²) in [6.07, 6.45) is 4.53. The van der Waals surface area contributed by atoms with Crippen LogP contribution in [0.2, 0.25) is 0 Å². The molecule has 0 aromatic carbocycles. The van der Waals surface area contributed by atoms with Crippen molar-refractivity contribution in [3.05, 3.63) is 17.5 Å². The highest BCUT2D eigenvalue weighted by Gasteiger charge is 2.36. The number of H-pyrrole nitrogens is 1. The minimum atomic E-state index is 0.503. The van der Waals surface area contributed by atoms with Crippen LogP contribution in [-0.4, -0.2) is 16.2 Å². The van der Waals surface area contributed by atoms with E-state index in [1.807, 2.05) is 6.20 Å². The van der Waals surface area contributed by atoms with E-state index < -0.39 is 0 Å². The van der Waals surface area contributed by atoms with Gasteiger partial charge >= 0.3 is 0 Å². The second kappa shape index (κ2) is 4.21. The third kappa shape index (κ3) is 2.46. The van der Waals surface area contributed by atoms with Crippen LogP contribution in [0, 0.1) is 18.3 Å². The Morgan fingerprint density at radius 1 is 1.50 bits per heavy atom. The minimum absolute atomic E-state index is 0.503. The van der Waals surface area contributed by atoms with Gasteiger partial charge in [-0.1, -0.05) is 20.8 Å². The number of rotatable bonds is 3. The van der Waals surface area contributed by atoms with Crippen LogP contribution in [0.1, 0.15) is 44.9 Å². The van der Waals surface area contributed by atoms with Gasteiger partial charge in [-0.2, -0.15) is 5.10 Å². The molecule has 0 amide bonds. The fourth-order valence-corrected chi connectivity index (χ4v) is 2.96. The van der Waals surface area contributed by atoms with Crippen molar-refractivity contribution in [1.29, 1.82) is 0 Å². The van der Waals surface area contributed by atoms with Crippen LogP contribution in [0.3, 0.4) is 0 Å². The van der Waals surface area contributed by atoms with Crippen molar-refractivity contribution in [2.24, 2.45) is 11.3 Å². The summed E-state index contributed by atoms with van der Waals surface area (Å²) in [6, 6.07) is 0.657. The van der Waals surface area contributed by atoms with Crippen LogP contribution in [0.5, 0.6) is 0 Å². The molecular weight excluding hydrogens is 198 g/mol. The van der Waals surface area contributed by atoms with E-state index in [9.17, 15) is 0 Å². The standard InChI is InChI=1S/C13H23N3/c1-9-5-13(3,4)6-12(9)14-7-11-8-15-16-10(11)2/h8-9,12,14H,5-7H2,1-4H3,(H,15,16). The molecule has 1 aliphatic rings. The van der Waals surface area contributed by atoms with Crippen LogP contribution < -0.4 is 5.32 Å². The van der Waals surface area contributed by atoms with Gasteiger partial charge in [-0.25, -0.2) is 0 Å². The Morgan fingerprint density at radius 3 is 2.75 bits per heavy atom. The van der Waals surface area contributed by atoms with Crippen LogP contribution in [0.25, 0.3) is 0 Å². The van der Waals surface area contributed by atoms with Gasteiger partial charge in [0.2, 0.25) is 0 Å². The monoisotopic (exact) mass is 221 g/mol. The molecule has 2 rings (SSSR count). The maximum Gasteiger partial charge on any atom is 0.0535 e. The number of aromatic amines is 1. The van der Waals surface area contributed by atoms with Crippen LogP contribution in [0.15, 0.2) is 6.20 Å². The fraction of sp³-hybridized carbons (Fsp3) is 0.769. The minimum Gasteiger partial charge on any atom is -0.310 e. The first-order chi connectivity index (χ1) is 7.48. The molecule has 0 saturated heterocycles. The molecule has 1 aliphatic carbocycles. The first kappa shape index (κ1) is 11.6. The maximum absolute atomic E-state index is 4.05. The summed E-state index contributed by atoms with van der Waals surface area (Å²) >= 11 is 0. The number of hydrogen-bond donors (Lipinski definition) is 2. The van der Waals surface area contributed by atoms with Crippen molar-refractivity contribution in [3.8, 4) is 0 Å². The molecular formula is C13H23N3. The topological polar surface area (TPSA) is 40.7 Å². The molecule has 1 aromatic rings. The zero-order valence-corrected chi connectivity index (χ0v) is 10.8. The van der Waals surface area contributed by atoms with Crippen LogP contribution in [0.4, 0.5) is 0 Å². The Balaban J connectivity index is 1.90. The highest BCUT2D eigenvalue weighted by atomic mass is 15.1. The highest BCUT2D eigenvalue weighted by molar-refractivity contribution is 5.14. The molecule has 1 heterocycles. The summed E-state index contributed by atoms with van der Waals surface area (Å²) in [6.45, 7) is 10.1. The van der Waals surface area contributed by atoms with E-state index in [1.54, 1.807) is 0 Å². The largest absolute Gasteiger partial charge is 0.310 e. The van der Waals surface area contributed by atoms with Gasteiger partial charge in [0.25, 0.3) is 0 Å². The summed E-state index contributed by atoms with van der Waals surface area (Å²) in [5, 5.41) is 10.7. The van der Waals surface area contributed by atoms with E-state index in [0.717, 1.165) is 12.5 Å². The lowest BCUT2D eigenvalue weighted by molar-refractivity contribution is 0.362. The van der Waals surface area contributed by atoms with E-state index in [-0.39, 0.29) is 0 Å². The van der Waals surface area contributed by atoms with Gasteiger partial charge in [-0.15, -0.1) is 0 Å². The Hall–Kier alpha value is -0.830. The van der Waals surface area contributed by atoms with Gasteiger partial charge < -0.3 is 5.32 Å². The molecule has 0 spiro atoms. The average Bonchev–Trinajstić information content (AvgIpc) is 2.67. The lowest BCUT2D eigenvalue weighted by atomic mass is 9.91. The first-order valence-corrected chi connectivity index (χ1v) is 6.20. The maximum atomic E-state index is 4.05. The van der Waals surface area contributed by atoms with E-state index >= 15 is 0 Å². The lowest BCUT2D eigenvalue weighted by Crippen LogP contribution is -2.31. The second-order valence-electron chi connectivity index (χ2n) is 6.06. The van der Waals surface area contributed by atoms with Crippen molar-refractivity contribution >= 4 is 0 Å². The van der Waals surface area contributed by atoms with E-state index in [1.165, 1.54) is 24.1 Å². The summed E-state index contributed by atoms with van der Waals surface area (Å²) in [5.41, 5.74) is 2.97. The zero-order chi connectivity index (χ0) is 11.8. The third-order valence-corrected chi connectivity index (χ3v) is 3.82. The van der Waals surface area contributed by atoms with Crippen molar-refractivity contribution in [2.45, 2.75) is 53.1 Å². The van der Waals surface area contributed by atoms with Crippen molar-refractivity contribution in [3.63, 3.8) is 0 Å². The van der Waals surface area contributed by atoms with Gasteiger partial charge in [-0.3, -0.25) is 5.10 Å². The predicted molar refractivity (Wildman–Crippen MR) is 66.1 cm³/mol. The predicted octanol–water partition coefficient (Wildman–Crippen LogP) is 2.63. The SMILES string of the molecule is Cc1[nH]ncc1CNC1CC(C)(C)CC1C. The summed E-state index contributed by atoms with van der Waals surface area (Å²) < 4.78 is 0. The zero-order valence-electron chi connectivity index (χ0n) is 10.8. The Kier molecular flexibility index (Phi) is 3.06. The normalized spacial score (nSPS) is 28.5. The third-order valence-electron chi connectivity index (χ3n) is 3.82. The fourth-order valence-electron chi connectivity index (χ4n) is 2.96. The number of aryl methyl sites for hydroxylation is 1. The summed E-state index contributed by atoms with van der Waals surface area (Å²) in [4.78, 5) is 0. The van der Waals surface area contributed by atoms with Gasteiger partial charge in [0.15, 0.2) is 0 Å². The van der Waals surface area contributed by atoms with Crippen LogP contribution >= 0.6 is 0 Å². The average molecular weight is 221 g/mol. The molecule has 0 radical (unpaired) electrons. The quantitative estimate of drug-likeness (QED) is 0.823. The van der Waals surface area contributed by atoms with E-state index in [0.29, 0.717) is 11.5 Å². The van der Waals surface area contributed by atoms with Gasteiger partial charge in [-0.05, 0) is 31.1 Å². The number of aromatic nitrogens is 2. The van der Waals surface area contributed by atoms with Gasteiger partial charge in [0.1, 0.15) is 0 Å². The lowest BCUT2D eigenvalue weighted by Gasteiger charge is -2.18. The molecule has 2 atom stereocenters. The molecule has 1 aromatic heterocycles. The summed E-state index contributed by atoms with van der Waals surface area (Å²) in [5.74, 6) is 0.780. The smallest absolute Gasteiger partial charge is 0.0535 e. The highest BCUT2D eigenvalue weighted by Crippen LogP contribution is 2.40. The molecule has 0 bridgehead atoms. The molecule has 2 N–H and O–H groups in total. The first-order valence-electron chi connectivity index (χ1n) is 6.20. The number of nitrogens with zero attached hydrogens (tertiary/aromatic N) is 1. The Morgan fingerprint density at radius 2 is 2.25 bits per heavy atom. The number of nitrogens with one attached hydrogen (secondary N) is 2. The Bertz CT molecular complexity index is 354. The Labute approximate surface area is 98.0 Å². The molecule has 0 aliphatic heterocycles. The van der Waals surface area contributed by atoms with Crippen LogP contribution in [-0.2, 0) is 6.54 Å². The molecule has 1 saturated carbocycles. The molecule has 3 heteroatoms. The van der Waals surface area contributed by atoms with E-state index in [2.05, 4.69) is 43.2 Å². The van der Waals surface area contributed by atoms with Gasteiger partial charge in [0.05, 0.1) is 6.20 Å².